The average Bonchev–Trinajstić information content (AvgIpc) is 2.54. The fourth-order valence-electron chi connectivity index (χ4n) is 2.41. The van der Waals surface area contributed by atoms with Crippen LogP contribution in [0.1, 0.15) is 11.1 Å². The summed E-state index contributed by atoms with van der Waals surface area (Å²) in [4.78, 5) is 12.3. The molecule has 0 saturated carbocycles. The zero-order valence-electron chi connectivity index (χ0n) is 11.4. The summed E-state index contributed by atoms with van der Waals surface area (Å²) in [6.45, 7) is 0.376. The molecule has 21 heavy (non-hydrogen) atoms. The number of fused-ring (bicyclic) bond motifs is 1. The van der Waals surface area contributed by atoms with Crippen molar-refractivity contribution in [2.75, 3.05) is 11.9 Å². The van der Waals surface area contributed by atoms with E-state index < -0.39 is 0 Å². The molecule has 2 aromatic rings. The SMILES string of the molecule is N#Cc1cccc(NC(=O)C2COc3ccccc3C2)c1. The number of rotatable bonds is 2. The summed E-state index contributed by atoms with van der Waals surface area (Å²) in [7, 11) is 0. The van der Waals surface area contributed by atoms with Crippen molar-refractivity contribution < 1.29 is 9.53 Å². The van der Waals surface area contributed by atoms with Gasteiger partial charge in [0, 0.05) is 5.69 Å². The predicted octanol–water partition coefficient (Wildman–Crippen LogP) is 2.75. The molecule has 1 atom stereocenters. The highest BCUT2D eigenvalue weighted by atomic mass is 16.5. The third kappa shape index (κ3) is 2.87. The molecule has 0 aliphatic carbocycles. The maximum absolute atomic E-state index is 12.3. The Morgan fingerprint density at radius 3 is 2.95 bits per heavy atom. The molecule has 0 fully saturated rings. The molecule has 0 spiro atoms. The van der Waals surface area contributed by atoms with Crippen molar-refractivity contribution in [2.24, 2.45) is 5.92 Å². The molecule has 104 valence electrons. The molecule has 4 heteroatoms. The molecule has 3 rings (SSSR count). The van der Waals surface area contributed by atoms with E-state index in [1.54, 1.807) is 24.3 Å². The minimum absolute atomic E-state index is 0.0837. The number of hydrogen-bond donors (Lipinski definition) is 1. The van der Waals surface area contributed by atoms with E-state index in [1.807, 2.05) is 24.3 Å². The Balaban J connectivity index is 1.71. The zero-order chi connectivity index (χ0) is 14.7. The summed E-state index contributed by atoms with van der Waals surface area (Å²) in [5.41, 5.74) is 2.21. The first-order valence-electron chi connectivity index (χ1n) is 6.78. The van der Waals surface area contributed by atoms with E-state index in [1.165, 1.54) is 0 Å². The van der Waals surface area contributed by atoms with E-state index in [2.05, 4.69) is 11.4 Å². The number of nitriles is 1. The van der Waals surface area contributed by atoms with Crippen molar-refractivity contribution in [3.63, 3.8) is 0 Å². The van der Waals surface area contributed by atoms with Gasteiger partial charge in [-0.05, 0) is 36.2 Å². The maximum Gasteiger partial charge on any atom is 0.231 e. The average molecular weight is 278 g/mol. The standard InChI is InChI=1S/C17H14N2O2/c18-10-12-4-3-6-15(8-12)19-17(20)14-9-13-5-1-2-7-16(13)21-11-14/h1-8,14H,9,11H2,(H,19,20). The number of benzene rings is 2. The Labute approximate surface area is 123 Å². The molecule has 0 bridgehead atoms. The molecule has 1 aliphatic heterocycles. The lowest BCUT2D eigenvalue weighted by Gasteiger charge is -2.24. The van der Waals surface area contributed by atoms with Crippen LogP contribution < -0.4 is 10.1 Å². The quantitative estimate of drug-likeness (QED) is 0.918. The number of carbonyl (C=O) groups excluding carboxylic acids is 1. The summed E-state index contributed by atoms with van der Waals surface area (Å²) in [5, 5.41) is 11.7. The van der Waals surface area contributed by atoms with Gasteiger partial charge in [-0.1, -0.05) is 24.3 Å². The second-order valence-corrected chi connectivity index (χ2v) is 5.00. The molecule has 0 radical (unpaired) electrons. The molecule has 2 aromatic carbocycles. The van der Waals surface area contributed by atoms with Gasteiger partial charge in [0.05, 0.1) is 17.6 Å². The van der Waals surface area contributed by atoms with Gasteiger partial charge in [0.2, 0.25) is 5.91 Å². The Bertz CT molecular complexity index is 719. The predicted molar refractivity (Wildman–Crippen MR) is 78.9 cm³/mol. The van der Waals surface area contributed by atoms with Crippen LogP contribution in [0.2, 0.25) is 0 Å². The van der Waals surface area contributed by atoms with Gasteiger partial charge in [0.25, 0.3) is 0 Å². The van der Waals surface area contributed by atoms with Crippen LogP contribution in [0.5, 0.6) is 5.75 Å². The number of carbonyl (C=O) groups is 1. The summed E-state index contributed by atoms with van der Waals surface area (Å²) < 4.78 is 5.63. The van der Waals surface area contributed by atoms with Crippen LogP contribution in [0, 0.1) is 17.2 Å². The van der Waals surface area contributed by atoms with Gasteiger partial charge in [-0.3, -0.25) is 4.79 Å². The molecular weight excluding hydrogens is 264 g/mol. The second kappa shape index (κ2) is 5.68. The molecule has 0 saturated heterocycles. The third-order valence-electron chi connectivity index (χ3n) is 3.51. The monoisotopic (exact) mass is 278 g/mol. The van der Waals surface area contributed by atoms with Gasteiger partial charge in [0.15, 0.2) is 0 Å². The number of ether oxygens (including phenoxy) is 1. The van der Waals surface area contributed by atoms with Gasteiger partial charge in [0.1, 0.15) is 12.4 Å². The summed E-state index contributed by atoms with van der Waals surface area (Å²) >= 11 is 0. The molecular formula is C17H14N2O2. The van der Waals surface area contributed by atoms with Crippen molar-refractivity contribution in [3.8, 4) is 11.8 Å². The summed E-state index contributed by atoms with van der Waals surface area (Å²) in [6.07, 6.45) is 0.667. The van der Waals surface area contributed by atoms with Crippen LogP contribution >= 0.6 is 0 Å². The fourth-order valence-corrected chi connectivity index (χ4v) is 2.41. The van der Waals surface area contributed by atoms with Crippen LogP contribution in [0.15, 0.2) is 48.5 Å². The molecule has 1 aliphatic rings. The highest BCUT2D eigenvalue weighted by Crippen LogP contribution is 2.27. The third-order valence-corrected chi connectivity index (χ3v) is 3.51. The van der Waals surface area contributed by atoms with E-state index >= 15 is 0 Å². The lowest BCUT2D eigenvalue weighted by molar-refractivity contribution is -0.121. The Hall–Kier alpha value is -2.80. The van der Waals surface area contributed by atoms with Crippen molar-refractivity contribution in [3.05, 3.63) is 59.7 Å². The molecule has 0 aromatic heterocycles. The first kappa shape index (κ1) is 13.2. The van der Waals surface area contributed by atoms with E-state index in [-0.39, 0.29) is 11.8 Å². The van der Waals surface area contributed by atoms with E-state index in [0.717, 1.165) is 11.3 Å². The topological polar surface area (TPSA) is 62.1 Å². The summed E-state index contributed by atoms with van der Waals surface area (Å²) in [5.74, 6) is 0.554. The largest absolute Gasteiger partial charge is 0.492 e. The van der Waals surface area contributed by atoms with Gasteiger partial charge >= 0.3 is 0 Å². The van der Waals surface area contributed by atoms with Crippen LogP contribution in [0.25, 0.3) is 0 Å². The minimum Gasteiger partial charge on any atom is -0.492 e. The number of amides is 1. The number of nitrogens with zero attached hydrogens (tertiary/aromatic N) is 1. The van der Waals surface area contributed by atoms with Crippen LogP contribution in [0.3, 0.4) is 0 Å². The second-order valence-electron chi connectivity index (χ2n) is 5.00. The van der Waals surface area contributed by atoms with Gasteiger partial charge in [-0.2, -0.15) is 5.26 Å². The number of anilines is 1. The lowest BCUT2D eigenvalue weighted by Crippen LogP contribution is -2.32. The Kier molecular flexibility index (Phi) is 3.57. The van der Waals surface area contributed by atoms with Crippen LogP contribution in [-0.4, -0.2) is 12.5 Å². The molecule has 4 nitrogen and oxygen atoms in total. The van der Waals surface area contributed by atoms with Gasteiger partial charge in [-0.25, -0.2) is 0 Å². The van der Waals surface area contributed by atoms with E-state index in [9.17, 15) is 4.79 Å². The summed E-state index contributed by atoms with van der Waals surface area (Å²) in [6, 6.07) is 16.7. The van der Waals surface area contributed by atoms with Crippen molar-refractivity contribution in [1.82, 2.24) is 0 Å². The van der Waals surface area contributed by atoms with Crippen molar-refractivity contribution in [1.29, 1.82) is 5.26 Å². The Morgan fingerprint density at radius 2 is 2.10 bits per heavy atom. The Morgan fingerprint density at radius 1 is 1.24 bits per heavy atom. The normalized spacial score (nSPS) is 16.2. The van der Waals surface area contributed by atoms with Crippen molar-refractivity contribution in [2.45, 2.75) is 6.42 Å². The minimum atomic E-state index is -0.217. The zero-order valence-corrected chi connectivity index (χ0v) is 11.4. The van der Waals surface area contributed by atoms with Gasteiger partial charge in [-0.15, -0.1) is 0 Å². The molecule has 1 N–H and O–H groups in total. The van der Waals surface area contributed by atoms with Crippen LogP contribution in [-0.2, 0) is 11.2 Å². The maximum atomic E-state index is 12.3. The highest BCUT2D eigenvalue weighted by molar-refractivity contribution is 5.93. The fraction of sp³-hybridized carbons (Fsp3) is 0.176. The molecule has 1 amide bonds. The lowest BCUT2D eigenvalue weighted by atomic mass is 9.96. The number of para-hydroxylation sites is 1. The van der Waals surface area contributed by atoms with Crippen molar-refractivity contribution >= 4 is 11.6 Å². The molecule has 1 heterocycles. The first-order chi connectivity index (χ1) is 10.3. The number of hydrogen-bond acceptors (Lipinski definition) is 3. The van der Waals surface area contributed by atoms with E-state index in [0.29, 0.717) is 24.3 Å². The van der Waals surface area contributed by atoms with Gasteiger partial charge < -0.3 is 10.1 Å². The smallest absolute Gasteiger partial charge is 0.231 e. The highest BCUT2D eigenvalue weighted by Gasteiger charge is 2.25. The molecule has 1 unspecified atom stereocenters. The first-order valence-corrected chi connectivity index (χ1v) is 6.78. The number of nitrogens with one attached hydrogen (secondary N) is 1. The van der Waals surface area contributed by atoms with Crippen LogP contribution in [0.4, 0.5) is 5.69 Å². The van der Waals surface area contributed by atoms with E-state index in [4.69, 9.17) is 10.00 Å².